The van der Waals surface area contributed by atoms with E-state index in [2.05, 4.69) is 5.32 Å². The molecular formula is C24H16Cl2N2O4. The smallest absolute Gasteiger partial charge is 0.335 e. The van der Waals surface area contributed by atoms with Crippen molar-refractivity contribution in [3.63, 3.8) is 0 Å². The fourth-order valence-corrected chi connectivity index (χ4v) is 3.39. The summed E-state index contributed by atoms with van der Waals surface area (Å²) < 4.78 is 5.72. The summed E-state index contributed by atoms with van der Waals surface area (Å²) in [4.78, 5) is 23.6. The molecule has 160 valence electrons. The SMILES string of the molecule is N#C/C(=C/c1cc(Cl)c(OCc2ccccc2)c(Cl)c1)C(=O)Nc1cccc(C(=O)O)c1. The van der Waals surface area contributed by atoms with E-state index in [1.165, 1.54) is 42.5 Å². The van der Waals surface area contributed by atoms with Crippen LogP contribution >= 0.6 is 23.2 Å². The second kappa shape index (κ2) is 10.5. The molecule has 8 heteroatoms. The molecule has 6 nitrogen and oxygen atoms in total. The number of nitriles is 1. The molecule has 0 aromatic heterocycles. The van der Waals surface area contributed by atoms with Gasteiger partial charge in [0.05, 0.1) is 15.6 Å². The van der Waals surface area contributed by atoms with Crippen LogP contribution in [0.5, 0.6) is 5.75 Å². The number of nitrogens with zero attached hydrogens (tertiary/aromatic N) is 1. The zero-order chi connectivity index (χ0) is 23.1. The van der Waals surface area contributed by atoms with Gasteiger partial charge >= 0.3 is 5.97 Å². The van der Waals surface area contributed by atoms with E-state index in [-0.39, 0.29) is 33.5 Å². The first-order valence-electron chi connectivity index (χ1n) is 9.29. The molecule has 1 amide bonds. The second-order valence-electron chi connectivity index (χ2n) is 6.60. The Morgan fingerprint density at radius 2 is 1.72 bits per heavy atom. The standard InChI is InChI=1S/C24H16Cl2N2O4/c25-20-10-16(11-21(26)22(20)32-14-15-5-2-1-3-6-15)9-18(13-27)23(29)28-19-8-4-7-17(12-19)24(30)31/h1-12H,14H2,(H,28,29)(H,30,31)/b18-9-. The quantitative estimate of drug-likeness (QED) is 0.337. The zero-order valence-corrected chi connectivity index (χ0v) is 18.0. The van der Waals surface area contributed by atoms with Crippen molar-refractivity contribution in [2.75, 3.05) is 5.32 Å². The molecule has 3 aromatic carbocycles. The number of anilines is 1. The third kappa shape index (κ3) is 5.88. The molecule has 3 aromatic rings. The van der Waals surface area contributed by atoms with Crippen LogP contribution in [0.2, 0.25) is 10.0 Å². The number of nitrogens with one attached hydrogen (secondary N) is 1. The Hall–Kier alpha value is -3.79. The highest BCUT2D eigenvalue weighted by atomic mass is 35.5. The molecule has 0 saturated heterocycles. The highest BCUT2D eigenvalue weighted by Gasteiger charge is 2.14. The first-order chi connectivity index (χ1) is 15.4. The number of hydrogen-bond donors (Lipinski definition) is 2. The molecule has 32 heavy (non-hydrogen) atoms. The van der Waals surface area contributed by atoms with Crippen LogP contribution in [0.3, 0.4) is 0 Å². The Labute approximate surface area is 194 Å². The lowest BCUT2D eigenvalue weighted by Crippen LogP contribution is -2.14. The van der Waals surface area contributed by atoms with Crippen LogP contribution in [-0.2, 0) is 11.4 Å². The maximum absolute atomic E-state index is 12.5. The number of aromatic carboxylic acids is 1. The summed E-state index contributed by atoms with van der Waals surface area (Å²) in [6, 6.07) is 20.1. The van der Waals surface area contributed by atoms with Gasteiger partial charge in [-0.05, 0) is 47.5 Å². The van der Waals surface area contributed by atoms with E-state index in [1.807, 2.05) is 36.4 Å². The summed E-state index contributed by atoms with van der Waals surface area (Å²) in [5.74, 6) is -1.54. The Kier molecular flexibility index (Phi) is 7.50. The lowest BCUT2D eigenvalue weighted by Gasteiger charge is -2.11. The van der Waals surface area contributed by atoms with Crippen LogP contribution < -0.4 is 10.1 Å². The second-order valence-corrected chi connectivity index (χ2v) is 7.41. The first-order valence-corrected chi connectivity index (χ1v) is 10.0. The van der Waals surface area contributed by atoms with Crippen molar-refractivity contribution < 1.29 is 19.4 Å². The normalized spacial score (nSPS) is 10.8. The Balaban J connectivity index is 1.78. The number of benzene rings is 3. The lowest BCUT2D eigenvalue weighted by molar-refractivity contribution is -0.112. The fourth-order valence-electron chi connectivity index (χ4n) is 2.77. The Morgan fingerprint density at radius 3 is 2.34 bits per heavy atom. The molecule has 0 radical (unpaired) electrons. The lowest BCUT2D eigenvalue weighted by atomic mass is 10.1. The summed E-state index contributed by atoms with van der Waals surface area (Å²) in [5, 5.41) is 21.4. The van der Waals surface area contributed by atoms with Gasteiger partial charge in [0.2, 0.25) is 0 Å². The monoisotopic (exact) mass is 466 g/mol. The minimum Gasteiger partial charge on any atom is -0.486 e. The Morgan fingerprint density at radius 1 is 1.03 bits per heavy atom. The topological polar surface area (TPSA) is 99.4 Å². The minimum atomic E-state index is -1.13. The van der Waals surface area contributed by atoms with E-state index >= 15 is 0 Å². The van der Waals surface area contributed by atoms with Gasteiger partial charge in [0.25, 0.3) is 5.91 Å². The van der Waals surface area contributed by atoms with Gasteiger partial charge in [0, 0.05) is 5.69 Å². The molecule has 0 atom stereocenters. The van der Waals surface area contributed by atoms with Crippen molar-refractivity contribution in [1.82, 2.24) is 0 Å². The van der Waals surface area contributed by atoms with Crippen molar-refractivity contribution >= 4 is 46.8 Å². The van der Waals surface area contributed by atoms with Crippen LogP contribution in [0.15, 0.2) is 72.3 Å². The van der Waals surface area contributed by atoms with E-state index in [9.17, 15) is 14.9 Å². The van der Waals surface area contributed by atoms with E-state index in [0.717, 1.165) is 5.56 Å². The van der Waals surface area contributed by atoms with Gasteiger partial charge in [-0.25, -0.2) is 4.79 Å². The Bertz CT molecular complexity index is 1210. The number of carbonyl (C=O) groups excluding carboxylic acids is 1. The number of carboxylic acid groups (broad SMARTS) is 1. The molecule has 0 spiro atoms. The maximum atomic E-state index is 12.5. The first kappa shape index (κ1) is 22.9. The van der Waals surface area contributed by atoms with E-state index < -0.39 is 11.9 Å². The molecule has 0 aliphatic carbocycles. The third-order valence-corrected chi connectivity index (χ3v) is 4.85. The fraction of sp³-hybridized carbons (Fsp3) is 0.0417. The van der Waals surface area contributed by atoms with Crippen molar-refractivity contribution in [3.8, 4) is 11.8 Å². The highest BCUT2D eigenvalue weighted by Crippen LogP contribution is 2.35. The van der Waals surface area contributed by atoms with Gasteiger partial charge < -0.3 is 15.2 Å². The van der Waals surface area contributed by atoms with Crippen molar-refractivity contribution in [2.24, 2.45) is 0 Å². The van der Waals surface area contributed by atoms with E-state index in [1.54, 1.807) is 0 Å². The average Bonchev–Trinajstić information content (AvgIpc) is 2.77. The highest BCUT2D eigenvalue weighted by molar-refractivity contribution is 6.37. The largest absolute Gasteiger partial charge is 0.486 e. The zero-order valence-electron chi connectivity index (χ0n) is 16.5. The van der Waals surface area contributed by atoms with E-state index in [0.29, 0.717) is 11.3 Å². The summed E-state index contributed by atoms with van der Waals surface area (Å²) in [6.45, 7) is 0.275. The van der Waals surface area contributed by atoms with Crippen molar-refractivity contribution in [1.29, 1.82) is 5.26 Å². The van der Waals surface area contributed by atoms with Gasteiger partial charge in [-0.1, -0.05) is 59.6 Å². The number of rotatable bonds is 7. The number of halogens is 2. The van der Waals surface area contributed by atoms with Gasteiger partial charge in [-0.2, -0.15) is 5.26 Å². The summed E-state index contributed by atoms with van der Waals surface area (Å²) in [6.07, 6.45) is 1.33. The predicted molar refractivity (Wildman–Crippen MR) is 123 cm³/mol. The summed E-state index contributed by atoms with van der Waals surface area (Å²) in [7, 11) is 0. The summed E-state index contributed by atoms with van der Waals surface area (Å²) in [5.41, 5.74) is 1.42. The molecule has 0 unspecified atom stereocenters. The summed E-state index contributed by atoms with van der Waals surface area (Å²) >= 11 is 12.6. The van der Waals surface area contributed by atoms with Gasteiger partial charge in [-0.15, -0.1) is 0 Å². The average molecular weight is 467 g/mol. The van der Waals surface area contributed by atoms with Gasteiger partial charge in [-0.3, -0.25) is 4.79 Å². The van der Waals surface area contributed by atoms with Crippen molar-refractivity contribution in [2.45, 2.75) is 6.61 Å². The van der Waals surface area contributed by atoms with Crippen LogP contribution in [0.1, 0.15) is 21.5 Å². The molecule has 0 aliphatic rings. The van der Waals surface area contributed by atoms with Crippen LogP contribution in [0.4, 0.5) is 5.69 Å². The molecule has 3 rings (SSSR count). The molecule has 0 fully saturated rings. The minimum absolute atomic E-state index is 0.00921. The maximum Gasteiger partial charge on any atom is 0.335 e. The van der Waals surface area contributed by atoms with Gasteiger partial charge in [0.15, 0.2) is 5.75 Å². The molecule has 0 saturated carbocycles. The van der Waals surface area contributed by atoms with Crippen molar-refractivity contribution in [3.05, 3.63) is 99.0 Å². The molecule has 0 aliphatic heterocycles. The predicted octanol–water partition coefficient (Wildman–Crippen LogP) is 5.82. The number of ether oxygens (including phenoxy) is 1. The number of amides is 1. The molecular weight excluding hydrogens is 451 g/mol. The van der Waals surface area contributed by atoms with Crippen LogP contribution in [0, 0.1) is 11.3 Å². The van der Waals surface area contributed by atoms with Gasteiger partial charge in [0.1, 0.15) is 18.2 Å². The number of carboxylic acids is 1. The van der Waals surface area contributed by atoms with Crippen LogP contribution in [0.25, 0.3) is 6.08 Å². The number of hydrogen-bond acceptors (Lipinski definition) is 4. The van der Waals surface area contributed by atoms with E-state index in [4.69, 9.17) is 33.0 Å². The van der Waals surface area contributed by atoms with Crippen LogP contribution in [-0.4, -0.2) is 17.0 Å². The molecule has 0 bridgehead atoms. The number of carbonyl (C=O) groups is 2. The molecule has 2 N–H and O–H groups in total. The third-order valence-electron chi connectivity index (χ3n) is 4.29. The molecule has 0 heterocycles.